The number of benzene rings is 1. The largest absolute Gasteiger partial charge is 0.245 e. The van der Waals surface area contributed by atoms with Gasteiger partial charge in [0.25, 0.3) is 0 Å². The Bertz CT molecular complexity index is 503. The lowest BCUT2D eigenvalue weighted by Gasteiger charge is -2.02. The molecule has 1 heterocycles. The zero-order valence-corrected chi connectivity index (χ0v) is 7.92. The van der Waals surface area contributed by atoms with Gasteiger partial charge in [0.2, 0.25) is 0 Å². The maximum Gasteiger partial charge on any atom is 0.149 e. The Balaban J connectivity index is 2.76. The van der Waals surface area contributed by atoms with Crippen molar-refractivity contribution in [3.05, 3.63) is 48.4 Å². The first kappa shape index (κ1) is 8.88. The number of pyridine rings is 1. The van der Waals surface area contributed by atoms with Gasteiger partial charge in [-0.2, -0.15) is 0 Å². The van der Waals surface area contributed by atoms with E-state index in [-0.39, 0.29) is 5.82 Å². The molecule has 0 spiro atoms. The Morgan fingerprint density at radius 2 is 2.07 bits per heavy atom. The molecule has 70 valence electrons. The van der Waals surface area contributed by atoms with Crippen molar-refractivity contribution in [2.24, 2.45) is 0 Å². The van der Waals surface area contributed by atoms with Gasteiger partial charge in [-0.25, -0.2) is 9.37 Å². The SMILES string of the molecule is C=C(C)c1ccc2cccc(F)c2n1. The van der Waals surface area contributed by atoms with Crippen LogP contribution in [0.3, 0.4) is 0 Å². The molecule has 0 aliphatic carbocycles. The fraction of sp³-hybridized carbons (Fsp3) is 0.0833. The van der Waals surface area contributed by atoms with Gasteiger partial charge < -0.3 is 0 Å². The molecule has 0 N–H and O–H groups in total. The van der Waals surface area contributed by atoms with Gasteiger partial charge >= 0.3 is 0 Å². The Hall–Kier alpha value is -1.70. The van der Waals surface area contributed by atoms with Crippen molar-refractivity contribution in [1.82, 2.24) is 4.98 Å². The van der Waals surface area contributed by atoms with E-state index < -0.39 is 0 Å². The first-order chi connectivity index (χ1) is 6.68. The third-order valence-corrected chi connectivity index (χ3v) is 2.11. The predicted molar refractivity (Wildman–Crippen MR) is 56.4 cm³/mol. The first-order valence-electron chi connectivity index (χ1n) is 4.39. The minimum atomic E-state index is -0.286. The maximum absolute atomic E-state index is 13.3. The van der Waals surface area contributed by atoms with Gasteiger partial charge in [-0.15, -0.1) is 0 Å². The number of aromatic nitrogens is 1. The molecule has 2 heteroatoms. The number of allylic oxidation sites excluding steroid dienone is 1. The Labute approximate surface area is 81.9 Å². The number of halogens is 1. The average molecular weight is 187 g/mol. The minimum Gasteiger partial charge on any atom is -0.245 e. The molecule has 1 nitrogen and oxygen atoms in total. The molecule has 0 saturated carbocycles. The first-order valence-corrected chi connectivity index (χ1v) is 4.39. The van der Waals surface area contributed by atoms with E-state index in [2.05, 4.69) is 11.6 Å². The highest BCUT2D eigenvalue weighted by atomic mass is 19.1. The summed E-state index contributed by atoms with van der Waals surface area (Å²) in [5.74, 6) is -0.286. The van der Waals surface area contributed by atoms with Gasteiger partial charge in [-0.1, -0.05) is 24.8 Å². The standard InChI is InChI=1S/C12H10FN/c1-8(2)11-7-6-9-4-3-5-10(13)12(9)14-11/h3-7H,1H2,2H3. The zero-order chi connectivity index (χ0) is 10.1. The molecule has 0 radical (unpaired) electrons. The summed E-state index contributed by atoms with van der Waals surface area (Å²) < 4.78 is 13.3. The highest BCUT2D eigenvalue weighted by molar-refractivity contribution is 5.81. The molecule has 1 aromatic carbocycles. The van der Waals surface area contributed by atoms with Crippen molar-refractivity contribution in [1.29, 1.82) is 0 Å². The van der Waals surface area contributed by atoms with E-state index in [0.717, 1.165) is 16.7 Å². The van der Waals surface area contributed by atoms with Crippen LogP contribution in [0.5, 0.6) is 0 Å². The van der Waals surface area contributed by atoms with Gasteiger partial charge in [0, 0.05) is 5.39 Å². The highest BCUT2D eigenvalue weighted by Gasteiger charge is 2.02. The second-order valence-corrected chi connectivity index (χ2v) is 3.29. The number of para-hydroxylation sites is 1. The van der Waals surface area contributed by atoms with E-state index in [1.54, 1.807) is 6.07 Å². The van der Waals surface area contributed by atoms with Crippen molar-refractivity contribution in [3.63, 3.8) is 0 Å². The average Bonchev–Trinajstić information content (AvgIpc) is 2.18. The van der Waals surface area contributed by atoms with E-state index in [4.69, 9.17) is 0 Å². The second-order valence-electron chi connectivity index (χ2n) is 3.29. The Kier molecular flexibility index (Phi) is 2.04. The van der Waals surface area contributed by atoms with E-state index in [1.165, 1.54) is 6.07 Å². The number of nitrogens with zero attached hydrogens (tertiary/aromatic N) is 1. The lowest BCUT2D eigenvalue weighted by molar-refractivity contribution is 0.636. The summed E-state index contributed by atoms with van der Waals surface area (Å²) >= 11 is 0. The second kappa shape index (κ2) is 3.22. The number of hydrogen-bond donors (Lipinski definition) is 0. The molecule has 0 unspecified atom stereocenters. The van der Waals surface area contributed by atoms with Crippen LogP contribution in [0.15, 0.2) is 36.9 Å². The third kappa shape index (κ3) is 1.39. The molecule has 0 aliphatic rings. The summed E-state index contributed by atoms with van der Waals surface area (Å²) in [6.45, 7) is 5.63. The van der Waals surface area contributed by atoms with Gasteiger partial charge in [-0.05, 0) is 24.6 Å². The minimum absolute atomic E-state index is 0.286. The van der Waals surface area contributed by atoms with E-state index in [0.29, 0.717) is 5.52 Å². The third-order valence-electron chi connectivity index (χ3n) is 2.11. The topological polar surface area (TPSA) is 12.9 Å². The van der Waals surface area contributed by atoms with Crippen molar-refractivity contribution in [3.8, 4) is 0 Å². The number of rotatable bonds is 1. The molecule has 14 heavy (non-hydrogen) atoms. The lowest BCUT2D eigenvalue weighted by Crippen LogP contribution is -1.89. The summed E-state index contributed by atoms with van der Waals surface area (Å²) in [4.78, 5) is 4.20. The number of fused-ring (bicyclic) bond motifs is 1. The van der Waals surface area contributed by atoms with Crippen LogP contribution < -0.4 is 0 Å². The summed E-state index contributed by atoms with van der Waals surface area (Å²) in [6.07, 6.45) is 0. The monoisotopic (exact) mass is 187 g/mol. The van der Waals surface area contributed by atoms with Crippen LogP contribution in [-0.4, -0.2) is 4.98 Å². The summed E-state index contributed by atoms with van der Waals surface area (Å²) in [5.41, 5.74) is 1.99. The van der Waals surface area contributed by atoms with Crippen LogP contribution >= 0.6 is 0 Å². The summed E-state index contributed by atoms with van der Waals surface area (Å²) in [6, 6.07) is 8.64. The molecule has 0 amide bonds. The highest BCUT2D eigenvalue weighted by Crippen LogP contribution is 2.18. The molecule has 0 bridgehead atoms. The van der Waals surface area contributed by atoms with Gasteiger partial charge in [0.15, 0.2) is 0 Å². The Morgan fingerprint density at radius 3 is 2.79 bits per heavy atom. The smallest absolute Gasteiger partial charge is 0.149 e. The predicted octanol–water partition coefficient (Wildman–Crippen LogP) is 3.41. The molecule has 1 aromatic heterocycles. The van der Waals surface area contributed by atoms with Crippen LogP contribution in [-0.2, 0) is 0 Å². The van der Waals surface area contributed by atoms with Crippen LogP contribution in [0.2, 0.25) is 0 Å². The van der Waals surface area contributed by atoms with E-state index in [1.807, 2.05) is 25.1 Å². The zero-order valence-electron chi connectivity index (χ0n) is 7.92. The molecule has 0 saturated heterocycles. The van der Waals surface area contributed by atoms with Gasteiger partial charge in [-0.3, -0.25) is 0 Å². The fourth-order valence-corrected chi connectivity index (χ4v) is 1.35. The molecule has 0 aliphatic heterocycles. The van der Waals surface area contributed by atoms with Crippen molar-refractivity contribution in [2.75, 3.05) is 0 Å². The molecule has 2 aromatic rings. The quantitative estimate of drug-likeness (QED) is 0.666. The molecule has 0 atom stereocenters. The molecular formula is C12H10FN. The maximum atomic E-state index is 13.3. The van der Waals surface area contributed by atoms with Crippen LogP contribution in [0.4, 0.5) is 4.39 Å². The van der Waals surface area contributed by atoms with Gasteiger partial charge in [0.05, 0.1) is 5.69 Å². The molecule has 0 fully saturated rings. The van der Waals surface area contributed by atoms with Crippen molar-refractivity contribution >= 4 is 16.5 Å². The lowest BCUT2D eigenvalue weighted by atomic mass is 10.1. The van der Waals surface area contributed by atoms with Gasteiger partial charge in [0.1, 0.15) is 11.3 Å². The molecular weight excluding hydrogens is 177 g/mol. The van der Waals surface area contributed by atoms with Crippen molar-refractivity contribution < 1.29 is 4.39 Å². The fourth-order valence-electron chi connectivity index (χ4n) is 1.35. The summed E-state index contributed by atoms with van der Waals surface area (Å²) in [5, 5.41) is 0.815. The number of hydrogen-bond acceptors (Lipinski definition) is 1. The van der Waals surface area contributed by atoms with Crippen LogP contribution in [0.25, 0.3) is 16.5 Å². The Morgan fingerprint density at radius 1 is 1.29 bits per heavy atom. The van der Waals surface area contributed by atoms with Crippen LogP contribution in [0.1, 0.15) is 12.6 Å². The molecule has 2 rings (SSSR count). The van der Waals surface area contributed by atoms with Crippen LogP contribution in [0, 0.1) is 5.82 Å². The van der Waals surface area contributed by atoms with E-state index in [9.17, 15) is 4.39 Å². The summed E-state index contributed by atoms with van der Waals surface area (Å²) in [7, 11) is 0. The normalized spacial score (nSPS) is 10.4. The van der Waals surface area contributed by atoms with Crippen molar-refractivity contribution in [2.45, 2.75) is 6.92 Å². The van der Waals surface area contributed by atoms with E-state index >= 15 is 0 Å².